The fourth-order valence-corrected chi connectivity index (χ4v) is 2.51. The Morgan fingerprint density at radius 1 is 1.32 bits per heavy atom. The summed E-state index contributed by atoms with van der Waals surface area (Å²) in [6.07, 6.45) is 0.483. The van der Waals surface area contributed by atoms with Crippen LogP contribution in [0.2, 0.25) is 0 Å². The van der Waals surface area contributed by atoms with Gasteiger partial charge in [0.1, 0.15) is 0 Å². The van der Waals surface area contributed by atoms with Crippen LogP contribution in [0.15, 0.2) is 12.1 Å². The lowest BCUT2D eigenvalue weighted by molar-refractivity contribution is -0.137. The van der Waals surface area contributed by atoms with Crippen molar-refractivity contribution < 1.29 is 14.7 Å². The Morgan fingerprint density at radius 2 is 2.00 bits per heavy atom. The second kappa shape index (κ2) is 7.13. The molecule has 0 aliphatic rings. The quantitative estimate of drug-likeness (QED) is 0.751. The number of carbonyl (C=O) groups excluding carboxylic acids is 1. The summed E-state index contributed by atoms with van der Waals surface area (Å²) < 4.78 is 0. The molecule has 0 bridgehead atoms. The molecule has 1 aromatic rings. The molecule has 2 amide bonds. The highest BCUT2D eigenvalue weighted by Crippen LogP contribution is 2.22. The monoisotopic (exact) mass is 284 g/mol. The van der Waals surface area contributed by atoms with Gasteiger partial charge >= 0.3 is 12.0 Å². The summed E-state index contributed by atoms with van der Waals surface area (Å²) in [6.45, 7) is 5.74. The van der Waals surface area contributed by atoms with E-state index in [2.05, 4.69) is 10.6 Å². The van der Waals surface area contributed by atoms with E-state index in [-0.39, 0.29) is 24.5 Å². The molecule has 1 rings (SSSR count). The Balaban J connectivity index is 2.36. The van der Waals surface area contributed by atoms with Crippen LogP contribution in [0.3, 0.4) is 0 Å². The van der Waals surface area contributed by atoms with E-state index in [9.17, 15) is 9.59 Å². The van der Waals surface area contributed by atoms with Gasteiger partial charge in [-0.15, -0.1) is 11.3 Å². The first kappa shape index (κ1) is 15.5. The number of rotatable bonds is 6. The first-order valence-electron chi connectivity index (χ1n) is 6.23. The summed E-state index contributed by atoms with van der Waals surface area (Å²) in [6, 6.07) is 3.54. The van der Waals surface area contributed by atoms with Gasteiger partial charge in [-0.25, -0.2) is 4.79 Å². The molecule has 0 radical (unpaired) electrons. The molecular formula is C13H20N2O3S. The number of amides is 2. The minimum Gasteiger partial charge on any atom is -0.481 e. The maximum absolute atomic E-state index is 11.7. The van der Waals surface area contributed by atoms with Crippen molar-refractivity contribution in [2.45, 2.75) is 45.7 Å². The second-order valence-corrected chi connectivity index (χ2v) is 5.94. The van der Waals surface area contributed by atoms with Crippen LogP contribution in [0.1, 0.15) is 42.5 Å². The van der Waals surface area contributed by atoms with Gasteiger partial charge in [0, 0.05) is 22.2 Å². The predicted octanol–water partition coefficient (Wildman–Crippen LogP) is 2.67. The molecule has 0 spiro atoms. The van der Waals surface area contributed by atoms with Crippen LogP contribution in [0.4, 0.5) is 4.79 Å². The molecule has 19 heavy (non-hydrogen) atoms. The van der Waals surface area contributed by atoms with Gasteiger partial charge < -0.3 is 15.7 Å². The summed E-state index contributed by atoms with van der Waals surface area (Å²) >= 11 is 1.65. The number of urea groups is 1. The first-order valence-corrected chi connectivity index (χ1v) is 7.05. The van der Waals surface area contributed by atoms with Crippen LogP contribution >= 0.6 is 11.3 Å². The molecule has 2 atom stereocenters. The fraction of sp³-hybridized carbons (Fsp3) is 0.538. The number of carboxylic acids is 1. The summed E-state index contributed by atoms with van der Waals surface area (Å²) in [5, 5.41) is 14.1. The zero-order valence-electron chi connectivity index (χ0n) is 11.4. The molecule has 5 nitrogen and oxygen atoms in total. The number of thiophene rings is 1. The van der Waals surface area contributed by atoms with E-state index in [4.69, 9.17) is 5.11 Å². The van der Waals surface area contributed by atoms with E-state index < -0.39 is 5.97 Å². The van der Waals surface area contributed by atoms with E-state index in [0.717, 1.165) is 4.88 Å². The van der Waals surface area contributed by atoms with Gasteiger partial charge in [-0.2, -0.15) is 0 Å². The van der Waals surface area contributed by atoms with Gasteiger partial charge in [0.05, 0.1) is 6.04 Å². The van der Waals surface area contributed by atoms with Crippen molar-refractivity contribution in [1.82, 2.24) is 10.6 Å². The van der Waals surface area contributed by atoms with Crippen molar-refractivity contribution in [1.29, 1.82) is 0 Å². The van der Waals surface area contributed by atoms with E-state index in [1.807, 2.05) is 26.0 Å². The maximum atomic E-state index is 11.7. The van der Waals surface area contributed by atoms with Gasteiger partial charge in [0.15, 0.2) is 0 Å². The number of hydrogen-bond acceptors (Lipinski definition) is 3. The minimum atomic E-state index is -0.850. The number of aliphatic carboxylic acids is 1. The SMILES string of the molecule is Cc1ccc(C(C)NC(=O)NC(C)CCC(=O)O)s1. The molecule has 0 aliphatic carbocycles. The zero-order valence-corrected chi connectivity index (χ0v) is 12.2. The van der Waals surface area contributed by atoms with Crippen molar-refractivity contribution in [3.05, 3.63) is 21.9 Å². The minimum absolute atomic E-state index is 0.0506. The lowest BCUT2D eigenvalue weighted by Gasteiger charge is -2.17. The fourth-order valence-electron chi connectivity index (χ4n) is 1.63. The maximum Gasteiger partial charge on any atom is 0.315 e. The van der Waals surface area contributed by atoms with Crippen LogP contribution < -0.4 is 10.6 Å². The largest absolute Gasteiger partial charge is 0.481 e. The van der Waals surface area contributed by atoms with Crippen LogP contribution in [0.5, 0.6) is 0 Å². The molecule has 6 heteroatoms. The second-order valence-electron chi connectivity index (χ2n) is 4.62. The molecule has 0 saturated heterocycles. The van der Waals surface area contributed by atoms with Crippen molar-refractivity contribution in [3.8, 4) is 0 Å². The van der Waals surface area contributed by atoms with Gasteiger partial charge in [-0.3, -0.25) is 4.79 Å². The van der Waals surface area contributed by atoms with Crippen LogP contribution in [0, 0.1) is 6.92 Å². The number of carbonyl (C=O) groups is 2. The molecule has 3 N–H and O–H groups in total. The lowest BCUT2D eigenvalue weighted by atomic mass is 10.2. The van der Waals surface area contributed by atoms with Gasteiger partial charge in [0.25, 0.3) is 0 Å². The summed E-state index contributed by atoms with van der Waals surface area (Å²) in [7, 11) is 0. The van der Waals surface area contributed by atoms with E-state index >= 15 is 0 Å². The lowest BCUT2D eigenvalue weighted by Crippen LogP contribution is -2.41. The van der Waals surface area contributed by atoms with Crippen molar-refractivity contribution in [2.24, 2.45) is 0 Å². The van der Waals surface area contributed by atoms with Crippen LogP contribution in [-0.2, 0) is 4.79 Å². The van der Waals surface area contributed by atoms with Crippen molar-refractivity contribution in [2.75, 3.05) is 0 Å². The number of carboxylic acid groups (broad SMARTS) is 1. The highest BCUT2D eigenvalue weighted by atomic mass is 32.1. The third-order valence-electron chi connectivity index (χ3n) is 2.70. The Labute approximate surface area is 117 Å². The van der Waals surface area contributed by atoms with Crippen molar-refractivity contribution in [3.63, 3.8) is 0 Å². The van der Waals surface area contributed by atoms with Crippen LogP contribution in [-0.4, -0.2) is 23.1 Å². The van der Waals surface area contributed by atoms with Crippen LogP contribution in [0.25, 0.3) is 0 Å². The summed E-state index contributed by atoms with van der Waals surface area (Å²) in [4.78, 5) is 24.5. The number of hydrogen-bond donors (Lipinski definition) is 3. The third kappa shape index (κ3) is 5.74. The summed E-state index contributed by atoms with van der Waals surface area (Å²) in [5.74, 6) is -0.850. The van der Waals surface area contributed by atoms with Gasteiger partial charge in [-0.1, -0.05) is 0 Å². The topological polar surface area (TPSA) is 78.4 Å². The van der Waals surface area contributed by atoms with E-state index in [0.29, 0.717) is 6.42 Å². The molecule has 2 unspecified atom stereocenters. The average Bonchev–Trinajstić information content (AvgIpc) is 2.73. The third-order valence-corrected chi connectivity index (χ3v) is 3.89. The molecule has 1 heterocycles. The molecule has 1 aromatic heterocycles. The number of aryl methyl sites for hydroxylation is 1. The van der Waals surface area contributed by atoms with Gasteiger partial charge in [0.2, 0.25) is 0 Å². The molecule has 0 aliphatic heterocycles. The van der Waals surface area contributed by atoms with E-state index in [1.54, 1.807) is 18.3 Å². The Bertz CT molecular complexity index is 445. The molecule has 0 saturated carbocycles. The van der Waals surface area contributed by atoms with E-state index in [1.165, 1.54) is 4.88 Å². The Kier molecular flexibility index (Phi) is 5.82. The zero-order chi connectivity index (χ0) is 14.4. The normalized spacial score (nSPS) is 13.6. The van der Waals surface area contributed by atoms with Crippen molar-refractivity contribution >= 4 is 23.3 Å². The molecule has 0 fully saturated rings. The first-order chi connectivity index (χ1) is 8.88. The highest BCUT2D eigenvalue weighted by Gasteiger charge is 2.13. The summed E-state index contributed by atoms with van der Waals surface area (Å²) in [5.41, 5.74) is 0. The molecular weight excluding hydrogens is 264 g/mol. The standard InChI is InChI=1S/C13H20N2O3S/c1-8(4-7-12(16)17)14-13(18)15-10(3)11-6-5-9(2)19-11/h5-6,8,10H,4,7H2,1-3H3,(H,16,17)(H2,14,15,18). The Morgan fingerprint density at radius 3 is 2.53 bits per heavy atom. The molecule has 106 valence electrons. The average molecular weight is 284 g/mol. The Hall–Kier alpha value is -1.56. The molecule has 0 aromatic carbocycles. The number of nitrogens with one attached hydrogen (secondary N) is 2. The highest BCUT2D eigenvalue weighted by molar-refractivity contribution is 7.12. The van der Waals surface area contributed by atoms with Gasteiger partial charge in [-0.05, 0) is 39.3 Å². The predicted molar refractivity (Wildman–Crippen MR) is 75.5 cm³/mol. The smallest absolute Gasteiger partial charge is 0.315 e.